The van der Waals surface area contributed by atoms with Crippen molar-refractivity contribution in [1.82, 2.24) is 4.98 Å². The first kappa shape index (κ1) is 18.8. The summed E-state index contributed by atoms with van der Waals surface area (Å²) in [6.45, 7) is 19.1. The second-order valence-electron chi connectivity index (χ2n) is 7.67. The molecule has 0 saturated heterocycles. The summed E-state index contributed by atoms with van der Waals surface area (Å²) in [5, 5.41) is 1.50. The number of nitrogens with one attached hydrogen (secondary N) is 1. The van der Waals surface area contributed by atoms with Crippen molar-refractivity contribution < 1.29 is 8.85 Å². The quantitative estimate of drug-likeness (QED) is 0.713. The Bertz CT molecular complexity index is 399. The summed E-state index contributed by atoms with van der Waals surface area (Å²) in [5.41, 5.74) is 0.221. The average Bonchev–Trinajstić information content (AvgIpc) is 2.76. The molecule has 1 unspecified atom stereocenters. The normalized spacial score (nSPS) is 20.0. The van der Waals surface area contributed by atoms with Crippen molar-refractivity contribution >= 4 is 16.8 Å². The zero-order valence-corrected chi connectivity index (χ0v) is 17.0. The standard InChI is InChI=1S/C16H33NO2Si2/c1-9-18-21(19-10-2,17-16(3,4)5)15-12-11-14(13-15)20(6,7)8/h11-13,15,17H,9-10H2,1-8H3. The van der Waals surface area contributed by atoms with Crippen molar-refractivity contribution in [2.45, 2.75) is 65.3 Å². The fourth-order valence-electron chi connectivity index (χ4n) is 2.59. The van der Waals surface area contributed by atoms with E-state index in [-0.39, 0.29) is 11.1 Å². The number of rotatable bonds is 7. The summed E-state index contributed by atoms with van der Waals surface area (Å²) in [7, 11) is -3.80. The molecule has 1 aliphatic carbocycles. The van der Waals surface area contributed by atoms with E-state index in [1.165, 1.54) is 5.20 Å². The number of allylic oxidation sites excluding steroid dienone is 4. The van der Waals surface area contributed by atoms with Gasteiger partial charge in [0.1, 0.15) is 0 Å². The van der Waals surface area contributed by atoms with Crippen LogP contribution in [-0.4, -0.2) is 35.5 Å². The van der Waals surface area contributed by atoms with E-state index < -0.39 is 16.8 Å². The summed E-state index contributed by atoms with van der Waals surface area (Å²) in [6.07, 6.45) is 6.97. The molecular formula is C16H33NO2Si2. The largest absolute Gasteiger partial charge is 0.436 e. The van der Waals surface area contributed by atoms with Gasteiger partial charge in [-0.15, -0.1) is 0 Å². The van der Waals surface area contributed by atoms with Gasteiger partial charge < -0.3 is 8.85 Å². The predicted octanol–water partition coefficient (Wildman–Crippen LogP) is 4.13. The van der Waals surface area contributed by atoms with Gasteiger partial charge >= 0.3 is 8.72 Å². The molecule has 0 fully saturated rings. The summed E-state index contributed by atoms with van der Waals surface area (Å²) < 4.78 is 12.4. The Kier molecular flexibility index (Phi) is 6.21. The topological polar surface area (TPSA) is 30.5 Å². The summed E-state index contributed by atoms with van der Waals surface area (Å²) >= 11 is 0. The van der Waals surface area contributed by atoms with Crippen LogP contribution in [0, 0.1) is 0 Å². The van der Waals surface area contributed by atoms with Crippen LogP contribution in [-0.2, 0) is 8.85 Å². The van der Waals surface area contributed by atoms with Gasteiger partial charge in [0.05, 0.1) is 13.6 Å². The fourth-order valence-corrected chi connectivity index (χ4v) is 7.46. The first-order chi connectivity index (χ1) is 9.54. The van der Waals surface area contributed by atoms with Gasteiger partial charge in [-0.3, -0.25) is 4.98 Å². The molecule has 0 aromatic rings. The minimum absolute atomic E-state index is 0.0276. The summed E-state index contributed by atoms with van der Waals surface area (Å²) in [6, 6.07) is 0. The van der Waals surface area contributed by atoms with E-state index in [1.807, 2.05) is 13.8 Å². The van der Waals surface area contributed by atoms with Crippen molar-refractivity contribution in [2.75, 3.05) is 13.2 Å². The highest BCUT2D eigenvalue weighted by molar-refractivity contribution is 6.84. The number of hydrogen-bond donors (Lipinski definition) is 1. The molecule has 1 aliphatic rings. The Hall–Kier alpha value is -0.206. The Morgan fingerprint density at radius 3 is 1.95 bits per heavy atom. The first-order valence-corrected chi connectivity index (χ1v) is 13.4. The highest BCUT2D eigenvalue weighted by Crippen LogP contribution is 2.35. The molecule has 0 radical (unpaired) electrons. The lowest BCUT2D eigenvalue weighted by atomic mass is 10.1. The van der Waals surface area contributed by atoms with Crippen molar-refractivity contribution in [3.05, 3.63) is 23.4 Å². The maximum Gasteiger partial charge on any atom is 0.436 e. The lowest BCUT2D eigenvalue weighted by Crippen LogP contribution is -2.64. The predicted molar refractivity (Wildman–Crippen MR) is 96.2 cm³/mol. The Morgan fingerprint density at radius 2 is 1.62 bits per heavy atom. The lowest BCUT2D eigenvalue weighted by Gasteiger charge is -2.39. The zero-order chi connectivity index (χ0) is 16.3. The van der Waals surface area contributed by atoms with E-state index in [9.17, 15) is 0 Å². The Labute approximate surface area is 133 Å². The van der Waals surface area contributed by atoms with Crippen molar-refractivity contribution in [2.24, 2.45) is 0 Å². The molecule has 0 saturated carbocycles. The molecule has 3 nitrogen and oxygen atoms in total. The molecule has 0 aromatic heterocycles. The van der Waals surface area contributed by atoms with Crippen LogP contribution in [0.2, 0.25) is 25.2 Å². The summed E-state index contributed by atoms with van der Waals surface area (Å²) in [5.74, 6) is 0. The maximum absolute atomic E-state index is 6.22. The van der Waals surface area contributed by atoms with Crippen LogP contribution in [0.15, 0.2) is 23.4 Å². The SMILES string of the molecule is CCO[Si](NC(C)(C)C)(OCC)C1C=CC([Si](C)(C)C)=C1. The molecule has 0 aliphatic heterocycles. The maximum atomic E-state index is 6.22. The van der Waals surface area contributed by atoms with Crippen LogP contribution in [0.4, 0.5) is 0 Å². The van der Waals surface area contributed by atoms with Crippen molar-refractivity contribution in [3.8, 4) is 0 Å². The molecular weight excluding hydrogens is 294 g/mol. The monoisotopic (exact) mass is 327 g/mol. The molecule has 21 heavy (non-hydrogen) atoms. The van der Waals surface area contributed by atoms with Gasteiger partial charge in [0, 0.05) is 18.8 Å². The van der Waals surface area contributed by atoms with E-state index in [0.717, 1.165) is 0 Å². The van der Waals surface area contributed by atoms with E-state index in [2.05, 4.69) is 63.6 Å². The third-order valence-electron chi connectivity index (χ3n) is 3.41. The molecule has 1 atom stereocenters. The highest BCUT2D eigenvalue weighted by atomic mass is 28.4. The lowest BCUT2D eigenvalue weighted by molar-refractivity contribution is 0.158. The molecule has 0 aromatic carbocycles. The number of hydrogen-bond acceptors (Lipinski definition) is 3. The van der Waals surface area contributed by atoms with Crippen LogP contribution in [0.1, 0.15) is 34.6 Å². The molecule has 5 heteroatoms. The van der Waals surface area contributed by atoms with Gasteiger partial charge in [0.15, 0.2) is 0 Å². The molecule has 0 spiro atoms. The van der Waals surface area contributed by atoms with Crippen LogP contribution in [0.25, 0.3) is 0 Å². The van der Waals surface area contributed by atoms with Gasteiger partial charge in [0.25, 0.3) is 0 Å². The molecule has 1 rings (SSSR count). The smallest absolute Gasteiger partial charge is 0.382 e. The fraction of sp³-hybridized carbons (Fsp3) is 0.750. The van der Waals surface area contributed by atoms with Crippen LogP contribution in [0.5, 0.6) is 0 Å². The van der Waals surface area contributed by atoms with Gasteiger partial charge in [-0.05, 0) is 34.6 Å². The second kappa shape index (κ2) is 6.92. The molecule has 0 bridgehead atoms. The molecule has 0 heterocycles. The molecule has 0 amide bonds. The van der Waals surface area contributed by atoms with E-state index in [0.29, 0.717) is 13.2 Å². The first-order valence-electron chi connectivity index (χ1n) is 8.02. The molecule has 1 N–H and O–H groups in total. The van der Waals surface area contributed by atoms with Gasteiger partial charge in [-0.1, -0.05) is 43.1 Å². The minimum Gasteiger partial charge on any atom is -0.382 e. The summed E-state index contributed by atoms with van der Waals surface area (Å²) in [4.78, 5) is 3.70. The second-order valence-corrected chi connectivity index (χ2v) is 15.6. The van der Waals surface area contributed by atoms with Gasteiger partial charge in [-0.25, -0.2) is 0 Å². The van der Waals surface area contributed by atoms with Gasteiger partial charge in [0.2, 0.25) is 0 Å². The Morgan fingerprint density at radius 1 is 1.10 bits per heavy atom. The van der Waals surface area contributed by atoms with Crippen molar-refractivity contribution in [1.29, 1.82) is 0 Å². The van der Waals surface area contributed by atoms with E-state index in [1.54, 1.807) is 0 Å². The third-order valence-corrected chi connectivity index (χ3v) is 9.25. The Balaban J connectivity index is 3.13. The van der Waals surface area contributed by atoms with Crippen LogP contribution < -0.4 is 4.98 Å². The minimum atomic E-state index is -2.51. The van der Waals surface area contributed by atoms with Gasteiger partial charge in [-0.2, -0.15) is 0 Å². The van der Waals surface area contributed by atoms with Crippen molar-refractivity contribution in [3.63, 3.8) is 0 Å². The van der Waals surface area contributed by atoms with E-state index in [4.69, 9.17) is 8.85 Å². The zero-order valence-electron chi connectivity index (χ0n) is 15.0. The molecule has 122 valence electrons. The van der Waals surface area contributed by atoms with E-state index >= 15 is 0 Å². The van der Waals surface area contributed by atoms with Crippen LogP contribution >= 0.6 is 0 Å². The highest BCUT2D eigenvalue weighted by Gasteiger charge is 2.48. The third kappa shape index (κ3) is 5.18. The average molecular weight is 328 g/mol. The van der Waals surface area contributed by atoms with Crippen LogP contribution in [0.3, 0.4) is 0 Å².